The molecule has 17 heavy (non-hydrogen) atoms. The van der Waals surface area contributed by atoms with Crippen LogP contribution in [0.3, 0.4) is 0 Å². The summed E-state index contributed by atoms with van der Waals surface area (Å²) in [5, 5.41) is 9.35. The third-order valence-electron chi connectivity index (χ3n) is 2.99. The van der Waals surface area contributed by atoms with Crippen LogP contribution in [0.2, 0.25) is 0 Å². The molecule has 1 aliphatic rings. The van der Waals surface area contributed by atoms with Crippen molar-refractivity contribution in [2.45, 2.75) is 13.0 Å². The molecule has 1 atom stereocenters. The van der Waals surface area contributed by atoms with E-state index in [-0.39, 0.29) is 17.6 Å². The summed E-state index contributed by atoms with van der Waals surface area (Å²) in [6.45, 7) is 1.73. The van der Waals surface area contributed by atoms with Gasteiger partial charge in [0.1, 0.15) is 5.75 Å². The molecule has 4 nitrogen and oxygen atoms in total. The Morgan fingerprint density at radius 3 is 3.06 bits per heavy atom. The van der Waals surface area contributed by atoms with Crippen molar-refractivity contribution in [3.8, 4) is 5.75 Å². The Morgan fingerprint density at radius 1 is 1.59 bits per heavy atom. The molecule has 1 aliphatic heterocycles. The first-order valence-corrected chi connectivity index (χ1v) is 5.77. The largest absolute Gasteiger partial charge is 0.508 e. The molecule has 4 heteroatoms. The molecule has 2 rings (SSSR count). The van der Waals surface area contributed by atoms with E-state index in [1.165, 1.54) is 0 Å². The molecule has 0 aliphatic carbocycles. The highest BCUT2D eigenvalue weighted by Gasteiger charge is 2.26. The first-order chi connectivity index (χ1) is 8.16. The van der Waals surface area contributed by atoms with Crippen LogP contribution < -0.4 is 0 Å². The number of aromatic hydroxyl groups is 1. The van der Waals surface area contributed by atoms with Gasteiger partial charge in [-0.05, 0) is 24.1 Å². The van der Waals surface area contributed by atoms with Gasteiger partial charge in [-0.1, -0.05) is 12.1 Å². The molecule has 1 saturated heterocycles. The second-order valence-corrected chi connectivity index (χ2v) is 4.42. The van der Waals surface area contributed by atoms with E-state index in [0.29, 0.717) is 19.8 Å². The first-order valence-electron chi connectivity index (χ1n) is 5.77. The van der Waals surface area contributed by atoms with Gasteiger partial charge in [-0.2, -0.15) is 0 Å². The van der Waals surface area contributed by atoms with E-state index in [2.05, 4.69) is 0 Å². The van der Waals surface area contributed by atoms with Crippen LogP contribution in [-0.2, 0) is 16.1 Å². The second-order valence-electron chi connectivity index (χ2n) is 4.42. The Bertz CT molecular complexity index is 399. The molecule has 1 unspecified atom stereocenters. The maximum absolute atomic E-state index is 12.0. The van der Waals surface area contributed by atoms with Gasteiger partial charge in [-0.25, -0.2) is 0 Å². The number of phenols is 1. The third kappa shape index (κ3) is 2.97. The SMILES string of the molecule is CN(Cc1cccc(O)c1)C(=O)C1CCOC1. The van der Waals surface area contributed by atoms with Crippen molar-refractivity contribution in [2.75, 3.05) is 20.3 Å². The van der Waals surface area contributed by atoms with E-state index in [9.17, 15) is 9.90 Å². The molecule has 1 fully saturated rings. The van der Waals surface area contributed by atoms with Crippen LogP contribution >= 0.6 is 0 Å². The highest BCUT2D eigenvalue weighted by Crippen LogP contribution is 2.17. The number of carbonyl (C=O) groups is 1. The predicted octanol–water partition coefficient (Wildman–Crippen LogP) is 1.39. The zero-order valence-electron chi connectivity index (χ0n) is 9.93. The van der Waals surface area contributed by atoms with Crippen LogP contribution in [0.15, 0.2) is 24.3 Å². The lowest BCUT2D eigenvalue weighted by atomic mass is 10.1. The quantitative estimate of drug-likeness (QED) is 0.861. The number of ether oxygens (including phenoxy) is 1. The van der Waals surface area contributed by atoms with Crippen LogP contribution in [0.25, 0.3) is 0 Å². The fourth-order valence-electron chi connectivity index (χ4n) is 2.05. The van der Waals surface area contributed by atoms with E-state index in [4.69, 9.17) is 4.74 Å². The van der Waals surface area contributed by atoms with Crippen molar-refractivity contribution in [1.29, 1.82) is 0 Å². The molecule has 0 radical (unpaired) electrons. The summed E-state index contributed by atoms with van der Waals surface area (Å²) in [5.74, 6) is 0.343. The lowest BCUT2D eigenvalue weighted by Crippen LogP contribution is -2.32. The van der Waals surface area contributed by atoms with Crippen LogP contribution in [0.5, 0.6) is 5.75 Å². The monoisotopic (exact) mass is 235 g/mol. The molecule has 0 saturated carbocycles. The smallest absolute Gasteiger partial charge is 0.228 e. The fraction of sp³-hybridized carbons (Fsp3) is 0.462. The summed E-state index contributed by atoms with van der Waals surface area (Å²) in [5.41, 5.74) is 0.930. The minimum atomic E-state index is -0.00249. The number of amides is 1. The van der Waals surface area contributed by atoms with Gasteiger partial charge >= 0.3 is 0 Å². The van der Waals surface area contributed by atoms with Gasteiger partial charge in [0.05, 0.1) is 12.5 Å². The topological polar surface area (TPSA) is 49.8 Å². The summed E-state index contributed by atoms with van der Waals surface area (Å²) >= 11 is 0. The fourth-order valence-corrected chi connectivity index (χ4v) is 2.05. The lowest BCUT2D eigenvalue weighted by Gasteiger charge is -2.20. The van der Waals surface area contributed by atoms with Crippen LogP contribution in [0, 0.1) is 5.92 Å². The number of hydrogen-bond acceptors (Lipinski definition) is 3. The van der Waals surface area contributed by atoms with Crippen molar-refractivity contribution in [3.63, 3.8) is 0 Å². The van der Waals surface area contributed by atoms with Crippen molar-refractivity contribution in [3.05, 3.63) is 29.8 Å². The first kappa shape index (κ1) is 11.9. The summed E-state index contributed by atoms with van der Waals surface area (Å²) in [7, 11) is 1.78. The molecule has 1 N–H and O–H groups in total. The van der Waals surface area contributed by atoms with Crippen molar-refractivity contribution >= 4 is 5.91 Å². The van der Waals surface area contributed by atoms with E-state index < -0.39 is 0 Å². The summed E-state index contributed by atoms with van der Waals surface area (Å²) < 4.78 is 5.21. The Labute approximate surface area is 101 Å². The molecular weight excluding hydrogens is 218 g/mol. The van der Waals surface area contributed by atoms with E-state index in [1.807, 2.05) is 6.07 Å². The van der Waals surface area contributed by atoms with Gasteiger partial charge in [-0.15, -0.1) is 0 Å². The molecule has 1 aromatic rings. The van der Waals surface area contributed by atoms with Gasteiger partial charge in [0, 0.05) is 20.2 Å². The van der Waals surface area contributed by atoms with Crippen LogP contribution in [-0.4, -0.2) is 36.2 Å². The normalized spacial score (nSPS) is 19.2. The lowest BCUT2D eigenvalue weighted by molar-refractivity contribution is -0.134. The number of phenolic OH excluding ortho intramolecular Hbond substituents is 1. The molecule has 1 aromatic carbocycles. The van der Waals surface area contributed by atoms with Gasteiger partial charge in [0.15, 0.2) is 0 Å². The molecule has 0 aromatic heterocycles. The van der Waals surface area contributed by atoms with Crippen LogP contribution in [0.1, 0.15) is 12.0 Å². The summed E-state index contributed by atoms with van der Waals surface area (Å²) in [6.07, 6.45) is 0.809. The Balaban J connectivity index is 1.96. The van der Waals surface area contributed by atoms with Crippen molar-refractivity contribution in [2.24, 2.45) is 5.92 Å². The maximum atomic E-state index is 12.0. The minimum absolute atomic E-state index is 0.00249. The summed E-state index contributed by atoms with van der Waals surface area (Å²) in [6, 6.07) is 6.97. The van der Waals surface area contributed by atoms with E-state index in [0.717, 1.165) is 12.0 Å². The number of hydrogen-bond donors (Lipinski definition) is 1. The molecule has 92 valence electrons. The number of nitrogens with zero attached hydrogens (tertiary/aromatic N) is 1. The predicted molar refractivity (Wildman–Crippen MR) is 63.5 cm³/mol. The highest BCUT2D eigenvalue weighted by molar-refractivity contribution is 5.78. The van der Waals surface area contributed by atoms with Crippen molar-refractivity contribution < 1.29 is 14.6 Å². The standard InChI is InChI=1S/C13H17NO3/c1-14(13(16)11-5-6-17-9-11)8-10-3-2-4-12(15)7-10/h2-4,7,11,15H,5-6,8-9H2,1H3. The number of benzene rings is 1. The van der Waals surface area contributed by atoms with Gasteiger partial charge < -0.3 is 14.7 Å². The second kappa shape index (κ2) is 5.19. The molecule has 0 bridgehead atoms. The molecule has 1 heterocycles. The van der Waals surface area contributed by atoms with Gasteiger partial charge in [0.25, 0.3) is 0 Å². The Kier molecular flexibility index (Phi) is 3.64. The van der Waals surface area contributed by atoms with Gasteiger partial charge in [0.2, 0.25) is 5.91 Å². The minimum Gasteiger partial charge on any atom is -0.508 e. The van der Waals surface area contributed by atoms with Gasteiger partial charge in [-0.3, -0.25) is 4.79 Å². The molecule has 1 amide bonds. The molecule has 0 spiro atoms. The zero-order valence-corrected chi connectivity index (χ0v) is 9.93. The van der Waals surface area contributed by atoms with E-state index >= 15 is 0 Å². The van der Waals surface area contributed by atoms with E-state index in [1.54, 1.807) is 30.1 Å². The maximum Gasteiger partial charge on any atom is 0.228 e. The number of carbonyl (C=O) groups excluding carboxylic acids is 1. The Hall–Kier alpha value is -1.55. The number of rotatable bonds is 3. The van der Waals surface area contributed by atoms with Crippen molar-refractivity contribution in [1.82, 2.24) is 4.90 Å². The highest BCUT2D eigenvalue weighted by atomic mass is 16.5. The summed E-state index contributed by atoms with van der Waals surface area (Å²) in [4.78, 5) is 13.7. The molecular formula is C13H17NO3. The van der Waals surface area contributed by atoms with Crippen LogP contribution in [0.4, 0.5) is 0 Å². The average Bonchev–Trinajstić information content (AvgIpc) is 2.81. The zero-order chi connectivity index (χ0) is 12.3. The average molecular weight is 235 g/mol. The third-order valence-corrected chi connectivity index (χ3v) is 2.99. The Morgan fingerprint density at radius 2 is 2.41 bits per heavy atom.